The van der Waals surface area contributed by atoms with E-state index in [0.29, 0.717) is 23.3 Å². The molecule has 0 saturated carbocycles. The third kappa shape index (κ3) is 2.70. The quantitative estimate of drug-likeness (QED) is 0.775. The summed E-state index contributed by atoms with van der Waals surface area (Å²) in [6.07, 6.45) is 1.36. The number of hydrogen-bond acceptors (Lipinski definition) is 5. The third-order valence-electron chi connectivity index (χ3n) is 4.11. The molecule has 7 nitrogen and oxygen atoms in total. The predicted octanol–water partition coefficient (Wildman–Crippen LogP) is 1.68. The predicted molar refractivity (Wildman–Crippen MR) is 94.4 cm³/mol. The van der Waals surface area contributed by atoms with Gasteiger partial charge in [0.2, 0.25) is 0 Å². The molecule has 1 aliphatic heterocycles. The summed E-state index contributed by atoms with van der Waals surface area (Å²) in [7, 11) is 0. The molecule has 0 aliphatic carbocycles. The van der Waals surface area contributed by atoms with Gasteiger partial charge in [0.05, 0.1) is 11.7 Å². The van der Waals surface area contributed by atoms with Gasteiger partial charge in [-0.05, 0) is 5.56 Å². The van der Waals surface area contributed by atoms with Crippen LogP contribution in [0, 0.1) is 0 Å². The zero-order valence-electron chi connectivity index (χ0n) is 13.1. The van der Waals surface area contributed by atoms with Crippen LogP contribution in [0.3, 0.4) is 0 Å². The lowest BCUT2D eigenvalue weighted by molar-refractivity contribution is -0.128. The van der Waals surface area contributed by atoms with Gasteiger partial charge in [0, 0.05) is 24.0 Å². The molecule has 0 unspecified atom stereocenters. The zero-order valence-corrected chi connectivity index (χ0v) is 14.0. The average molecular weight is 354 g/mol. The van der Waals surface area contributed by atoms with Crippen molar-refractivity contribution in [3.8, 4) is 11.1 Å². The average Bonchev–Trinajstić information content (AvgIpc) is 3.24. The van der Waals surface area contributed by atoms with E-state index in [1.165, 1.54) is 22.2 Å². The van der Waals surface area contributed by atoms with Crippen molar-refractivity contribution in [2.45, 2.75) is 6.54 Å². The summed E-state index contributed by atoms with van der Waals surface area (Å²) in [6, 6.07) is 9.16. The Bertz CT molecular complexity index is 1030. The summed E-state index contributed by atoms with van der Waals surface area (Å²) in [5, 5.41) is 4.97. The molecule has 25 heavy (non-hydrogen) atoms. The maximum Gasteiger partial charge on any atom is 0.324 e. The van der Waals surface area contributed by atoms with Crippen LogP contribution in [0.1, 0.15) is 0 Å². The molecule has 0 radical (unpaired) electrons. The number of fused-ring (bicyclic) bond motifs is 1. The Morgan fingerprint density at radius 3 is 2.76 bits per heavy atom. The molecular weight excluding hydrogens is 340 g/mol. The van der Waals surface area contributed by atoms with Crippen LogP contribution in [-0.2, 0) is 11.3 Å². The number of urea groups is 1. The molecule has 3 heterocycles. The SMILES string of the molecule is O=C(Cn1cnc2scc(-c3ccccc3)c2c1=O)N1CCNC1=O. The second-order valence-corrected chi connectivity index (χ2v) is 6.51. The van der Waals surface area contributed by atoms with Gasteiger partial charge in [0.15, 0.2) is 0 Å². The van der Waals surface area contributed by atoms with Gasteiger partial charge in [-0.1, -0.05) is 30.3 Å². The van der Waals surface area contributed by atoms with Gasteiger partial charge in [0.1, 0.15) is 11.4 Å². The first-order chi connectivity index (χ1) is 12.1. The van der Waals surface area contributed by atoms with Crippen molar-refractivity contribution < 1.29 is 9.59 Å². The van der Waals surface area contributed by atoms with Gasteiger partial charge in [-0.15, -0.1) is 11.3 Å². The Morgan fingerprint density at radius 2 is 2.04 bits per heavy atom. The number of nitrogens with zero attached hydrogens (tertiary/aromatic N) is 3. The molecule has 4 rings (SSSR count). The lowest BCUT2D eigenvalue weighted by Crippen LogP contribution is -2.38. The normalized spacial score (nSPS) is 14.1. The first-order valence-corrected chi connectivity index (χ1v) is 8.63. The molecule has 1 fully saturated rings. The smallest absolute Gasteiger partial charge is 0.324 e. The van der Waals surface area contributed by atoms with Crippen molar-refractivity contribution in [2.75, 3.05) is 13.1 Å². The number of rotatable bonds is 3. The summed E-state index contributed by atoms with van der Waals surface area (Å²) in [4.78, 5) is 42.8. The summed E-state index contributed by atoms with van der Waals surface area (Å²) < 4.78 is 1.26. The van der Waals surface area contributed by atoms with Crippen LogP contribution in [0.25, 0.3) is 21.3 Å². The minimum atomic E-state index is -0.424. The number of imide groups is 1. The first kappa shape index (κ1) is 15.5. The molecule has 2 aromatic heterocycles. The van der Waals surface area contributed by atoms with E-state index in [2.05, 4.69) is 10.3 Å². The fourth-order valence-electron chi connectivity index (χ4n) is 2.85. The first-order valence-electron chi connectivity index (χ1n) is 7.75. The fraction of sp³-hybridized carbons (Fsp3) is 0.176. The highest BCUT2D eigenvalue weighted by atomic mass is 32.1. The van der Waals surface area contributed by atoms with Crippen LogP contribution in [-0.4, -0.2) is 39.5 Å². The second kappa shape index (κ2) is 6.14. The van der Waals surface area contributed by atoms with Crippen LogP contribution < -0.4 is 10.9 Å². The van der Waals surface area contributed by atoms with Crippen molar-refractivity contribution in [3.05, 3.63) is 52.4 Å². The van der Waals surface area contributed by atoms with Crippen LogP contribution in [0.2, 0.25) is 0 Å². The molecule has 0 atom stereocenters. The summed E-state index contributed by atoms with van der Waals surface area (Å²) >= 11 is 1.39. The number of carbonyl (C=O) groups excluding carboxylic acids is 2. The monoisotopic (exact) mass is 354 g/mol. The van der Waals surface area contributed by atoms with E-state index < -0.39 is 11.9 Å². The van der Waals surface area contributed by atoms with E-state index in [9.17, 15) is 14.4 Å². The molecule has 3 aromatic rings. The van der Waals surface area contributed by atoms with Gasteiger partial charge in [0.25, 0.3) is 11.5 Å². The molecule has 0 spiro atoms. The molecule has 0 bridgehead atoms. The molecule has 8 heteroatoms. The Hall–Kier alpha value is -3.00. The lowest BCUT2D eigenvalue weighted by Gasteiger charge is -2.13. The zero-order chi connectivity index (χ0) is 17.4. The van der Waals surface area contributed by atoms with Crippen molar-refractivity contribution >= 4 is 33.5 Å². The van der Waals surface area contributed by atoms with E-state index in [4.69, 9.17) is 0 Å². The Labute approximate surface area is 146 Å². The van der Waals surface area contributed by atoms with Crippen LogP contribution in [0.15, 0.2) is 46.8 Å². The summed E-state index contributed by atoms with van der Waals surface area (Å²) in [6.45, 7) is 0.536. The number of benzene rings is 1. The van der Waals surface area contributed by atoms with Crippen molar-refractivity contribution in [2.24, 2.45) is 0 Å². The Morgan fingerprint density at radius 1 is 1.24 bits per heavy atom. The molecule has 3 amide bonds. The number of amides is 3. The molecule has 126 valence electrons. The maximum absolute atomic E-state index is 12.9. The van der Waals surface area contributed by atoms with Crippen molar-refractivity contribution in [3.63, 3.8) is 0 Å². The molecule has 1 aliphatic rings. The minimum Gasteiger partial charge on any atom is -0.336 e. The second-order valence-electron chi connectivity index (χ2n) is 5.65. The minimum absolute atomic E-state index is 0.209. The Balaban J connectivity index is 1.74. The number of aromatic nitrogens is 2. The van der Waals surface area contributed by atoms with E-state index in [-0.39, 0.29) is 12.1 Å². The molecule has 1 saturated heterocycles. The highest BCUT2D eigenvalue weighted by Crippen LogP contribution is 2.30. The van der Waals surface area contributed by atoms with Crippen LogP contribution in [0.4, 0.5) is 4.79 Å². The van der Waals surface area contributed by atoms with Gasteiger partial charge >= 0.3 is 6.03 Å². The topological polar surface area (TPSA) is 84.3 Å². The van der Waals surface area contributed by atoms with Gasteiger partial charge in [-0.25, -0.2) is 9.78 Å². The molecule has 1 N–H and O–H groups in total. The summed E-state index contributed by atoms with van der Waals surface area (Å²) in [5.41, 5.74) is 1.45. The van der Waals surface area contributed by atoms with E-state index in [1.54, 1.807) is 0 Å². The van der Waals surface area contributed by atoms with Crippen molar-refractivity contribution in [1.82, 2.24) is 19.8 Å². The molecule has 1 aromatic carbocycles. The summed E-state index contributed by atoms with van der Waals surface area (Å²) in [5.74, 6) is -0.422. The molecular formula is C17H14N4O3S. The maximum atomic E-state index is 12.9. The number of carbonyl (C=O) groups is 2. The van der Waals surface area contributed by atoms with E-state index in [0.717, 1.165) is 16.0 Å². The van der Waals surface area contributed by atoms with Crippen LogP contribution in [0.5, 0.6) is 0 Å². The Kier molecular flexibility index (Phi) is 3.81. The number of hydrogen-bond donors (Lipinski definition) is 1. The standard InChI is InChI=1S/C17H14N4O3S/c22-13(21-7-6-18-17(21)24)8-20-10-19-15-14(16(20)23)12(9-25-15)11-4-2-1-3-5-11/h1-5,9-10H,6-8H2,(H,18,24). The lowest BCUT2D eigenvalue weighted by atomic mass is 10.1. The fourth-order valence-corrected chi connectivity index (χ4v) is 3.76. The highest BCUT2D eigenvalue weighted by molar-refractivity contribution is 7.17. The van der Waals surface area contributed by atoms with Gasteiger partial charge in [-0.2, -0.15) is 0 Å². The number of thiophene rings is 1. The third-order valence-corrected chi connectivity index (χ3v) is 5.00. The van der Waals surface area contributed by atoms with Crippen molar-refractivity contribution in [1.29, 1.82) is 0 Å². The van der Waals surface area contributed by atoms with Gasteiger partial charge in [-0.3, -0.25) is 19.1 Å². The van der Waals surface area contributed by atoms with Crippen LogP contribution >= 0.6 is 11.3 Å². The highest BCUT2D eigenvalue weighted by Gasteiger charge is 2.26. The number of nitrogens with one attached hydrogen (secondary N) is 1. The largest absolute Gasteiger partial charge is 0.336 e. The van der Waals surface area contributed by atoms with Gasteiger partial charge < -0.3 is 5.32 Å². The van der Waals surface area contributed by atoms with E-state index >= 15 is 0 Å². The van der Waals surface area contributed by atoms with E-state index in [1.807, 2.05) is 35.7 Å².